The second-order valence-electron chi connectivity index (χ2n) is 2.63. The van der Waals surface area contributed by atoms with E-state index < -0.39 is 0 Å². The van der Waals surface area contributed by atoms with Crippen LogP contribution in [-0.4, -0.2) is 24.0 Å². The van der Waals surface area contributed by atoms with Gasteiger partial charge < -0.3 is 0 Å². The van der Waals surface area contributed by atoms with Crippen LogP contribution in [0.5, 0.6) is 0 Å². The summed E-state index contributed by atoms with van der Waals surface area (Å²) in [5.41, 5.74) is 0. The molecule has 1 nitrogen and oxygen atoms in total. The Labute approximate surface area is 87.2 Å². The van der Waals surface area contributed by atoms with Gasteiger partial charge in [-0.1, -0.05) is 12.2 Å². The molecule has 0 aromatic rings. The summed E-state index contributed by atoms with van der Waals surface area (Å²) in [6.07, 6.45) is 3.84. The smallest absolute Gasteiger partial charge is 0.0166 e. The summed E-state index contributed by atoms with van der Waals surface area (Å²) in [6.45, 7) is 13.6. The predicted octanol–water partition coefficient (Wildman–Crippen LogP) is 2.69. The van der Waals surface area contributed by atoms with Crippen molar-refractivity contribution in [3.63, 3.8) is 0 Å². The zero-order valence-corrected chi connectivity index (χ0v) is 9.75. The zero-order chi connectivity index (χ0) is 7.98. The molecule has 0 atom stereocenters. The highest BCUT2D eigenvalue weighted by atomic mass is 127. The van der Waals surface area contributed by atoms with Crippen molar-refractivity contribution < 1.29 is 0 Å². The van der Waals surface area contributed by atoms with E-state index in [1.165, 1.54) is 0 Å². The lowest BCUT2D eigenvalue weighted by Crippen LogP contribution is -2.30. The summed E-state index contributed by atoms with van der Waals surface area (Å²) in [5, 5.41) is 0. The van der Waals surface area contributed by atoms with Crippen LogP contribution < -0.4 is 0 Å². The Hall–Kier alpha value is 0.170. The standard InChI is InChI=1S/C9H17N.HI/c1-5-7-10(8-6-2)9(3)4;/h5-6,9H,1-2,7-8H2,3-4H3;1H. The van der Waals surface area contributed by atoms with Crippen molar-refractivity contribution in [1.82, 2.24) is 4.90 Å². The average Bonchev–Trinajstić information content (AvgIpc) is 1.87. The third-order valence-electron chi connectivity index (χ3n) is 1.46. The highest BCUT2D eigenvalue weighted by molar-refractivity contribution is 14.0. The molecule has 66 valence electrons. The van der Waals surface area contributed by atoms with Crippen LogP contribution in [0.25, 0.3) is 0 Å². The van der Waals surface area contributed by atoms with E-state index in [1.807, 2.05) is 12.2 Å². The molecule has 0 saturated heterocycles. The molecule has 0 amide bonds. The molecule has 11 heavy (non-hydrogen) atoms. The van der Waals surface area contributed by atoms with E-state index in [4.69, 9.17) is 0 Å². The molecule has 0 unspecified atom stereocenters. The van der Waals surface area contributed by atoms with E-state index in [-0.39, 0.29) is 24.0 Å². The Kier molecular flexibility index (Phi) is 10.3. The molecule has 0 aromatic heterocycles. The number of hydrogen-bond acceptors (Lipinski definition) is 1. The van der Waals surface area contributed by atoms with Crippen molar-refractivity contribution in [2.45, 2.75) is 19.9 Å². The molecule has 0 aromatic carbocycles. The van der Waals surface area contributed by atoms with Crippen LogP contribution in [0.15, 0.2) is 25.3 Å². The van der Waals surface area contributed by atoms with Crippen LogP contribution in [0, 0.1) is 0 Å². The maximum atomic E-state index is 3.69. The fourth-order valence-corrected chi connectivity index (χ4v) is 0.828. The normalized spacial score (nSPS) is 9.45. The second-order valence-corrected chi connectivity index (χ2v) is 2.63. The molecule has 0 bridgehead atoms. The first-order valence-electron chi connectivity index (χ1n) is 3.68. The molecule has 0 fully saturated rings. The average molecular weight is 267 g/mol. The maximum absolute atomic E-state index is 3.69. The van der Waals surface area contributed by atoms with Gasteiger partial charge in [0.1, 0.15) is 0 Å². The molecular weight excluding hydrogens is 249 g/mol. The number of rotatable bonds is 5. The Morgan fingerprint density at radius 3 is 1.73 bits per heavy atom. The first-order valence-corrected chi connectivity index (χ1v) is 3.68. The van der Waals surface area contributed by atoms with Crippen molar-refractivity contribution in [2.75, 3.05) is 13.1 Å². The quantitative estimate of drug-likeness (QED) is 0.547. The van der Waals surface area contributed by atoms with E-state index in [2.05, 4.69) is 31.9 Å². The van der Waals surface area contributed by atoms with Gasteiger partial charge in [0.15, 0.2) is 0 Å². The molecule has 0 aliphatic rings. The molecule has 0 aliphatic carbocycles. The monoisotopic (exact) mass is 267 g/mol. The highest BCUT2D eigenvalue weighted by Crippen LogP contribution is 1.96. The molecule has 0 aliphatic heterocycles. The van der Waals surface area contributed by atoms with Gasteiger partial charge in [0.25, 0.3) is 0 Å². The predicted molar refractivity (Wildman–Crippen MR) is 62.5 cm³/mol. The first-order chi connectivity index (χ1) is 4.72. The largest absolute Gasteiger partial charge is 0.294 e. The van der Waals surface area contributed by atoms with E-state index in [1.54, 1.807) is 0 Å². The highest BCUT2D eigenvalue weighted by Gasteiger charge is 2.03. The maximum Gasteiger partial charge on any atom is 0.0166 e. The molecule has 0 rings (SSSR count). The zero-order valence-electron chi connectivity index (χ0n) is 7.42. The molecule has 0 saturated carbocycles. The van der Waals surface area contributed by atoms with Crippen molar-refractivity contribution in [3.05, 3.63) is 25.3 Å². The van der Waals surface area contributed by atoms with Gasteiger partial charge in [0.05, 0.1) is 0 Å². The molecule has 0 spiro atoms. The Balaban J connectivity index is 0. The lowest BCUT2D eigenvalue weighted by atomic mass is 10.3. The van der Waals surface area contributed by atoms with Crippen LogP contribution >= 0.6 is 24.0 Å². The summed E-state index contributed by atoms with van der Waals surface area (Å²) < 4.78 is 0. The van der Waals surface area contributed by atoms with Crippen LogP contribution in [0.4, 0.5) is 0 Å². The van der Waals surface area contributed by atoms with E-state index >= 15 is 0 Å². The topological polar surface area (TPSA) is 3.24 Å². The molecule has 0 radical (unpaired) electrons. The molecular formula is C9H18IN. The second kappa shape index (κ2) is 8.27. The van der Waals surface area contributed by atoms with Gasteiger partial charge >= 0.3 is 0 Å². The lowest BCUT2D eigenvalue weighted by Gasteiger charge is -2.22. The number of nitrogens with zero attached hydrogens (tertiary/aromatic N) is 1. The van der Waals surface area contributed by atoms with Gasteiger partial charge in [0, 0.05) is 19.1 Å². The third-order valence-corrected chi connectivity index (χ3v) is 1.46. The lowest BCUT2D eigenvalue weighted by molar-refractivity contribution is 0.273. The van der Waals surface area contributed by atoms with E-state index in [0.717, 1.165) is 13.1 Å². The van der Waals surface area contributed by atoms with Crippen LogP contribution in [0.2, 0.25) is 0 Å². The van der Waals surface area contributed by atoms with Crippen molar-refractivity contribution >= 4 is 24.0 Å². The van der Waals surface area contributed by atoms with Gasteiger partial charge in [-0.2, -0.15) is 0 Å². The van der Waals surface area contributed by atoms with Gasteiger partial charge in [-0.25, -0.2) is 0 Å². The van der Waals surface area contributed by atoms with E-state index in [0.29, 0.717) is 6.04 Å². The van der Waals surface area contributed by atoms with Crippen LogP contribution in [0.1, 0.15) is 13.8 Å². The van der Waals surface area contributed by atoms with Crippen LogP contribution in [-0.2, 0) is 0 Å². The van der Waals surface area contributed by atoms with E-state index in [9.17, 15) is 0 Å². The third kappa shape index (κ3) is 6.56. The van der Waals surface area contributed by atoms with Gasteiger partial charge in [-0.15, -0.1) is 37.1 Å². The fourth-order valence-electron chi connectivity index (χ4n) is 0.828. The summed E-state index contributed by atoms with van der Waals surface area (Å²) in [5.74, 6) is 0. The van der Waals surface area contributed by atoms with Crippen molar-refractivity contribution in [1.29, 1.82) is 0 Å². The minimum absolute atomic E-state index is 0. The van der Waals surface area contributed by atoms with Gasteiger partial charge in [-0.3, -0.25) is 4.90 Å². The first kappa shape index (κ1) is 13.7. The molecule has 0 heterocycles. The van der Waals surface area contributed by atoms with Gasteiger partial charge in [-0.05, 0) is 13.8 Å². The Bertz CT molecular complexity index is 100. The fraction of sp³-hybridized carbons (Fsp3) is 0.556. The number of halogens is 1. The summed E-state index contributed by atoms with van der Waals surface area (Å²) in [4.78, 5) is 2.29. The summed E-state index contributed by atoms with van der Waals surface area (Å²) in [7, 11) is 0. The van der Waals surface area contributed by atoms with Crippen LogP contribution in [0.3, 0.4) is 0 Å². The minimum Gasteiger partial charge on any atom is -0.294 e. The summed E-state index contributed by atoms with van der Waals surface area (Å²) in [6, 6.07) is 0.580. The SMILES string of the molecule is C=CCN(CC=C)C(C)C.I. The van der Waals surface area contributed by atoms with Crippen molar-refractivity contribution in [2.24, 2.45) is 0 Å². The number of hydrogen-bond donors (Lipinski definition) is 0. The van der Waals surface area contributed by atoms with Gasteiger partial charge in [0.2, 0.25) is 0 Å². The molecule has 0 N–H and O–H groups in total. The minimum atomic E-state index is 0. The Morgan fingerprint density at radius 2 is 1.55 bits per heavy atom. The molecule has 2 heteroatoms. The summed E-state index contributed by atoms with van der Waals surface area (Å²) >= 11 is 0. The Morgan fingerprint density at radius 1 is 1.18 bits per heavy atom. The van der Waals surface area contributed by atoms with Crippen molar-refractivity contribution in [3.8, 4) is 0 Å².